The van der Waals surface area contributed by atoms with Gasteiger partial charge in [0.05, 0.1) is 0 Å². The number of nitrogens with two attached hydrogens (primary N) is 1. The van der Waals surface area contributed by atoms with Crippen LogP contribution in [0, 0.1) is 0 Å². The molecule has 5 nitrogen and oxygen atoms in total. The Balaban J connectivity index is 1.82. The summed E-state index contributed by atoms with van der Waals surface area (Å²) in [6.45, 7) is 6.84. The third kappa shape index (κ3) is 3.41. The van der Waals surface area contributed by atoms with Gasteiger partial charge in [0, 0.05) is 23.7 Å². The molecule has 0 aromatic carbocycles. The van der Waals surface area contributed by atoms with Crippen LogP contribution in [0.25, 0.3) is 0 Å². The number of rotatable bonds is 5. The fourth-order valence-electron chi connectivity index (χ4n) is 2.50. The van der Waals surface area contributed by atoms with Gasteiger partial charge in [-0.15, -0.1) is 0 Å². The molecule has 2 heterocycles. The van der Waals surface area contributed by atoms with Gasteiger partial charge in [-0.3, -0.25) is 10.3 Å². The van der Waals surface area contributed by atoms with Crippen LogP contribution in [0.1, 0.15) is 24.6 Å². The molecule has 2 rings (SSSR count). The van der Waals surface area contributed by atoms with E-state index in [-0.39, 0.29) is 0 Å². The van der Waals surface area contributed by atoms with E-state index in [1.165, 1.54) is 37.4 Å². The number of hydrazine groups is 1. The van der Waals surface area contributed by atoms with E-state index in [1.54, 1.807) is 11.3 Å². The maximum atomic E-state index is 5.35. The first-order valence-corrected chi connectivity index (χ1v) is 7.38. The van der Waals surface area contributed by atoms with Crippen LogP contribution in [0.5, 0.6) is 0 Å². The van der Waals surface area contributed by atoms with E-state index in [2.05, 4.69) is 34.2 Å². The molecule has 0 spiro atoms. The molecular formula is C12H23N5S. The molecule has 0 atom stereocenters. The van der Waals surface area contributed by atoms with Crippen molar-refractivity contribution in [2.24, 2.45) is 5.84 Å². The molecule has 1 aromatic heterocycles. The number of likely N-dealkylation sites (tertiary alicyclic amines) is 1. The van der Waals surface area contributed by atoms with Gasteiger partial charge < -0.3 is 4.90 Å². The molecule has 0 saturated carbocycles. The van der Waals surface area contributed by atoms with Crippen LogP contribution in [-0.2, 0) is 6.54 Å². The highest BCUT2D eigenvalue weighted by molar-refractivity contribution is 7.15. The zero-order chi connectivity index (χ0) is 13.0. The standard InChI is InChI=1S/C12H23N5S/c1-3-17-6-4-10(5-7-17)16(2)9-11-8-14-12(15-13)18-11/h8,10H,3-7,9,13H2,1-2H3,(H,14,15). The normalized spacial score (nSPS) is 18.4. The lowest BCUT2D eigenvalue weighted by Crippen LogP contribution is -2.42. The fourth-order valence-corrected chi connectivity index (χ4v) is 3.28. The Bertz CT molecular complexity index is 359. The molecule has 102 valence electrons. The summed E-state index contributed by atoms with van der Waals surface area (Å²) in [6.07, 6.45) is 4.45. The fraction of sp³-hybridized carbons (Fsp3) is 0.750. The number of piperidine rings is 1. The molecule has 1 aliphatic heterocycles. The summed E-state index contributed by atoms with van der Waals surface area (Å²) in [5.74, 6) is 5.35. The molecule has 1 aliphatic rings. The van der Waals surface area contributed by atoms with Crippen molar-refractivity contribution < 1.29 is 0 Å². The van der Waals surface area contributed by atoms with Gasteiger partial charge in [-0.1, -0.05) is 18.3 Å². The molecule has 1 saturated heterocycles. The van der Waals surface area contributed by atoms with Gasteiger partial charge >= 0.3 is 0 Å². The van der Waals surface area contributed by atoms with E-state index in [0.717, 1.165) is 11.7 Å². The molecule has 6 heteroatoms. The van der Waals surface area contributed by atoms with Crippen LogP contribution in [0.3, 0.4) is 0 Å². The van der Waals surface area contributed by atoms with Crippen LogP contribution in [0.4, 0.5) is 5.13 Å². The predicted octanol–water partition coefficient (Wildman–Crippen LogP) is 1.34. The highest BCUT2D eigenvalue weighted by atomic mass is 32.1. The number of hydrogen-bond donors (Lipinski definition) is 2. The van der Waals surface area contributed by atoms with E-state index in [0.29, 0.717) is 6.04 Å². The molecule has 0 radical (unpaired) electrons. The van der Waals surface area contributed by atoms with E-state index >= 15 is 0 Å². The van der Waals surface area contributed by atoms with Crippen molar-refractivity contribution in [3.05, 3.63) is 11.1 Å². The van der Waals surface area contributed by atoms with E-state index in [4.69, 9.17) is 5.84 Å². The lowest BCUT2D eigenvalue weighted by Gasteiger charge is -2.36. The Kier molecular flexibility index (Phi) is 4.94. The molecule has 1 fully saturated rings. The summed E-state index contributed by atoms with van der Waals surface area (Å²) < 4.78 is 0. The molecule has 0 bridgehead atoms. The number of nitrogen functional groups attached to an aromatic ring is 1. The summed E-state index contributed by atoms with van der Waals surface area (Å²) in [5, 5.41) is 0.791. The Labute approximate surface area is 113 Å². The molecular weight excluding hydrogens is 246 g/mol. The second-order valence-corrected chi connectivity index (χ2v) is 5.97. The minimum atomic E-state index is 0.698. The summed E-state index contributed by atoms with van der Waals surface area (Å²) in [5.41, 5.74) is 2.60. The highest BCUT2D eigenvalue weighted by Gasteiger charge is 2.21. The molecule has 0 amide bonds. The zero-order valence-electron chi connectivity index (χ0n) is 11.2. The van der Waals surface area contributed by atoms with Gasteiger partial charge in [0.1, 0.15) is 0 Å². The minimum Gasteiger partial charge on any atom is -0.303 e. The number of hydrogen-bond acceptors (Lipinski definition) is 6. The van der Waals surface area contributed by atoms with Crippen LogP contribution in [-0.4, -0.2) is 47.5 Å². The number of thiazole rings is 1. The van der Waals surface area contributed by atoms with Crippen LogP contribution < -0.4 is 11.3 Å². The van der Waals surface area contributed by atoms with Gasteiger partial charge in [0.2, 0.25) is 0 Å². The predicted molar refractivity (Wildman–Crippen MR) is 76.5 cm³/mol. The quantitative estimate of drug-likeness (QED) is 0.624. The van der Waals surface area contributed by atoms with Crippen LogP contribution in [0.15, 0.2) is 6.20 Å². The SMILES string of the molecule is CCN1CCC(N(C)Cc2cnc(NN)s2)CC1. The third-order valence-corrected chi connectivity index (χ3v) is 4.62. The molecule has 1 aromatic rings. The van der Waals surface area contributed by atoms with Crippen molar-refractivity contribution in [1.82, 2.24) is 14.8 Å². The van der Waals surface area contributed by atoms with Gasteiger partial charge in [-0.25, -0.2) is 10.8 Å². The largest absolute Gasteiger partial charge is 0.303 e. The van der Waals surface area contributed by atoms with Crippen molar-refractivity contribution in [1.29, 1.82) is 0 Å². The molecule has 0 aliphatic carbocycles. The van der Waals surface area contributed by atoms with Gasteiger partial charge in [-0.05, 0) is 39.5 Å². The van der Waals surface area contributed by atoms with Crippen molar-refractivity contribution in [2.75, 3.05) is 32.1 Å². The van der Waals surface area contributed by atoms with Gasteiger partial charge in [0.15, 0.2) is 5.13 Å². The molecule has 0 unspecified atom stereocenters. The maximum Gasteiger partial charge on any atom is 0.197 e. The molecule has 18 heavy (non-hydrogen) atoms. The zero-order valence-corrected chi connectivity index (χ0v) is 12.0. The van der Waals surface area contributed by atoms with Crippen LogP contribution >= 0.6 is 11.3 Å². The van der Waals surface area contributed by atoms with E-state index in [1.807, 2.05) is 6.20 Å². The smallest absolute Gasteiger partial charge is 0.197 e. The van der Waals surface area contributed by atoms with E-state index in [9.17, 15) is 0 Å². The Hall–Kier alpha value is -0.690. The lowest BCUT2D eigenvalue weighted by molar-refractivity contribution is 0.128. The van der Waals surface area contributed by atoms with Crippen molar-refractivity contribution in [2.45, 2.75) is 32.4 Å². The van der Waals surface area contributed by atoms with Crippen LogP contribution in [0.2, 0.25) is 0 Å². The van der Waals surface area contributed by atoms with E-state index < -0.39 is 0 Å². The first kappa shape index (κ1) is 13.7. The van der Waals surface area contributed by atoms with Crippen molar-refractivity contribution in [3.8, 4) is 0 Å². The first-order chi connectivity index (χ1) is 8.72. The third-order valence-electron chi connectivity index (χ3n) is 3.71. The van der Waals surface area contributed by atoms with Crippen molar-refractivity contribution in [3.63, 3.8) is 0 Å². The maximum absolute atomic E-state index is 5.35. The number of anilines is 1. The Morgan fingerprint density at radius 1 is 1.56 bits per heavy atom. The first-order valence-electron chi connectivity index (χ1n) is 6.56. The van der Waals surface area contributed by atoms with Gasteiger partial charge in [-0.2, -0.15) is 0 Å². The summed E-state index contributed by atoms with van der Waals surface area (Å²) >= 11 is 1.63. The topological polar surface area (TPSA) is 57.4 Å². The average Bonchev–Trinajstić information content (AvgIpc) is 2.86. The van der Waals surface area contributed by atoms with Crippen molar-refractivity contribution >= 4 is 16.5 Å². The summed E-state index contributed by atoms with van der Waals surface area (Å²) in [7, 11) is 2.21. The second-order valence-electron chi connectivity index (χ2n) is 4.86. The summed E-state index contributed by atoms with van der Waals surface area (Å²) in [4.78, 5) is 10.4. The molecule has 3 N–H and O–H groups in total. The number of nitrogens with zero attached hydrogens (tertiary/aromatic N) is 3. The highest BCUT2D eigenvalue weighted by Crippen LogP contribution is 2.21. The van der Waals surface area contributed by atoms with Gasteiger partial charge in [0.25, 0.3) is 0 Å². The minimum absolute atomic E-state index is 0.698. The number of aromatic nitrogens is 1. The lowest BCUT2D eigenvalue weighted by atomic mass is 10.0. The second kappa shape index (κ2) is 6.47. The summed E-state index contributed by atoms with van der Waals surface area (Å²) in [6, 6.07) is 0.698. The Morgan fingerprint density at radius 2 is 2.28 bits per heavy atom. The average molecular weight is 269 g/mol. The number of nitrogens with one attached hydrogen (secondary N) is 1. The Morgan fingerprint density at radius 3 is 2.83 bits per heavy atom. The monoisotopic (exact) mass is 269 g/mol.